The van der Waals surface area contributed by atoms with E-state index < -0.39 is 6.10 Å². The number of carbonyl (C=O) groups excluding carboxylic acids is 1. The number of benzene rings is 1. The Labute approximate surface area is 140 Å². The zero-order valence-electron chi connectivity index (χ0n) is 13.4. The average Bonchev–Trinajstić information content (AvgIpc) is 2.98. The second-order valence-corrected chi connectivity index (χ2v) is 6.29. The van der Waals surface area contributed by atoms with Gasteiger partial charge in [-0.3, -0.25) is 4.79 Å². The van der Waals surface area contributed by atoms with E-state index in [2.05, 4.69) is 10.3 Å². The molecule has 0 fully saturated rings. The van der Waals surface area contributed by atoms with E-state index in [0.717, 1.165) is 22.7 Å². The number of carbonyl (C=O) groups is 1. The zero-order valence-corrected chi connectivity index (χ0v) is 14.2. The van der Waals surface area contributed by atoms with Gasteiger partial charge in [0.1, 0.15) is 18.5 Å². The number of aliphatic hydroxyl groups is 1. The number of nitrogens with one attached hydrogen (secondary N) is 1. The van der Waals surface area contributed by atoms with Crippen LogP contribution in [0.4, 0.5) is 0 Å². The third-order valence-electron chi connectivity index (χ3n) is 3.21. The number of aromatic nitrogens is 1. The summed E-state index contributed by atoms with van der Waals surface area (Å²) in [5.41, 5.74) is 1.87. The van der Waals surface area contributed by atoms with Gasteiger partial charge in [0.25, 0.3) is 0 Å². The molecule has 0 saturated carbocycles. The highest BCUT2D eigenvalue weighted by atomic mass is 32.1. The number of nitrogens with zero attached hydrogens (tertiary/aromatic N) is 1. The first-order chi connectivity index (χ1) is 11.1. The summed E-state index contributed by atoms with van der Waals surface area (Å²) < 4.78 is 5.51. The average molecular weight is 334 g/mol. The van der Waals surface area contributed by atoms with Gasteiger partial charge in [0, 0.05) is 11.9 Å². The predicted molar refractivity (Wildman–Crippen MR) is 90.9 cm³/mol. The first-order valence-corrected chi connectivity index (χ1v) is 8.52. The molecule has 5 nitrogen and oxygen atoms in total. The summed E-state index contributed by atoms with van der Waals surface area (Å²) in [6.07, 6.45) is 0.365. The second kappa shape index (κ2) is 8.64. The van der Waals surface area contributed by atoms with Gasteiger partial charge in [0.15, 0.2) is 0 Å². The lowest BCUT2D eigenvalue weighted by atomic mass is 10.2. The van der Waals surface area contributed by atoms with Gasteiger partial charge in [-0.25, -0.2) is 4.98 Å². The predicted octanol–water partition coefficient (Wildman–Crippen LogP) is 2.11. The zero-order chi connectivity index (χ0) is 16.7. The topological polar surface area (TPSA) is 71.5 Å². The highest BCUT2D eigenvalue weighted by molar-refractivity contribution is 7.09. The standard InChI is InChI=1S/C17H22N2O3S/c1-3-17-19-13(11-23-17)8-16(21)18-9-14(20)10-22-15-6-4-5-12(2)7-15/h4-7,11,14,20H,3,8-10H2,1-2H3,(H,18,21). The van der Waals surface area contributed by atoms with E-state index in [0.29, 0.717) is 5.75 Å². The molecule has 1 amide bonds. The van der Waals surface area contributed by atoms with Crippen molar-refractivity contribution in [2.24, 2.45) is 0 Å². The monoisotopic (exact) mass is 334 g/mol. The molecule has 1 aromatic carbocycles. The second-order valence-electron chi connectivity index (χ2n) is 5.35. The van der Waals surface area contributed by atoms with Crippen molar-refractivity contribution in [3.63, 3.8) is 0 Å². The molecule has 0 spiro atoms. The maximum atomic E-state index is 11.8. The molecular formula is C17H22N2O3S. The van der Waals surface area contributed by atoms with Crippen LogP contribution in [0.3, 0.4) is 0 Å². The maximum Gasteiger partial charge on any atom is 0.226 e. The molecule has 0 radical (unpaired) electrons. The molecule has 2 aromatic rings. The largest absolute Gasteiger partial charge is 0.491 e. The van der Waals surface area contributed by atoms with Gasteiger partial charge in [-0.1, -0.05) is 19.1 Å². The molecule has 1 aromatic heterocycles. The van der Waals surface area contributed by atoms with Crippen molar-refractivity contribution >= 4 is 17.2 Å². The number of thiazole rings is 1. The van der Waals surface area contributed by atoms with E-state index >= 15 is 0 Å². The van der Waals surface area contributed by atoms with Gasteiger partial charge in [-0.2, -0.15) is 0 Å². The van der Waals surface area contributed by atoms with Crippen LogP contribution in [0, 0.1) is 6.92 Å². The number of amides is 1. The minimum atomic E-state index is -0.749. The summed E-state index contributed by atoms with van der Waals surface area (Å²) in [7, 11) is 0. The van der Waals surface area contributed by atoms with Crippen molar-refractivity contribution in [3.05, 3.63) is 45.9 Å². The third-order valence-corrected chi connectivity index (χ3v) is 4.25. The Hall–Kier alpha value is -1.92. The van der Waals surface area contributed by atoms with E-state index in [9.17, 15) is 9.90 Å². The van der Waals surface area contributed by atoms with Crippen LogP contribution < -0.4 is 10.1 Å². The number of hydrogen-bond donors (Lipinski definition) is 2. The van der Waals surface area contributed by atoms with Crippen molar-refractivity contribution in [1.82, 2.24) is 10.3 Å². The van der Waals surface area contributed by atoms with Crippen LogP contribution >= 0.6 is 11.3 Å². The Morgan fingerprint density at radius 2 is 2.30 bits per heavy atom. The smallest absolute Gasteiger partial charge is 0.226 e. The maximum absolute atomic E-state index is 11.8. The summed E-state index contributed by atoms with van der Waals surface area (Å²) in [6.45, 7) is 4.31. The van der Waals surface area contributed by atoms with E-state index in [1.54, 1.807) is 11.3 Å². The SMILES string of the molecule is CCc1nc(CC(=O)NCC(O)COc2cccc(C)c2)cs1. The molecular weight excluding hydrogens is 312 g/mol. The third kappa shape index (κ3) is 6.00. The molecule has 2 rings (SSSR count). The Balaban J connectivity index is 1.69. The first kappa shape index (κ1) is 17.4. The fourth-order valence-electron chi connectivity index (χ4n) is 2.01. The van der Waals surface area contributed by atoms with Crippen LogP contribution in [0.25, 0.3) is 0 Å². The van der Waals surface area contributed by atoms with Gasteiger partial charge in [0.2, 0.25) is 5.91 Å². The van der Waals surface area contributed by atoms with Gasteiger partial charge >= 0.3 is 0 Å². The highest BCUT2D eigenvalue weighted by Crippen LogP contribution is 2.12. The summed E-state index contributed by atoms with van der Waals surface area (Å²) in [5.74, 6) is 0.567. The molecule has 0 aliphatic rings. The fourth-order valence-corrected chi connectivity index (χ4v) is 2.75. The first-order valence-electron chi connectivity index (χ1n) is 7.64. The molecule has 124 valence electrons. The Kier molecular flexibility index (Phi) is 6.55. The van der Waals surface area contributed by atoms with Crippen LogP contribution in [0.1, 0.15) is 23.2 Å². The van der Waals surface area contributed by atoms with E-state index in [4.69, 9.17) is 4.74 Å². The highest BCUT2D eigenvalue weighted by Gasteiger charge is 2.10. The Bertz CT molecular complexity index is 642. The molecule has 1 heterocycles. The Morgan fingerprint density at radius 3 is 3.00 bits per heavy atom. The lowest BCUT2D eigenvalue weighted by Gasteiger charge is -2.13. The van der Waals surface area contributed by atoms with Gasteiger partial charge in [0.05, 0.1) is 17.1 Å². The lowest BCUT2D eigenvalue weighted by molar-refractivity contribution is -0.121. The molecule has 0 saturated heterocycles. The summed E-state index contributed by atoms with van der Waals surface area (Å²) >= 11 is 1.56. The number of hydrogen-bond acceptors (Lipinski definition) is 5. The van der Waals surface area contributed by atoms with Crippen molar-refractivity contribution in [3.8, 4) is 5.75 Å². The summed E-state index contributed by atoms with van der Waals surface area (Å²) in [4.78, 5) is 16.2. The molecule has 2 N–H and O–H groups in total. The number of rotatable bonds is 8. The van der Waals surface area contributed by atoms with E-state index in [1.807, 2.05) is 43.5 Å². The number of ether oxygens (including phenoxy) is 1. The van der Waals surface area contributed by atoms with Gasteiger partial charge in [-0.05, 0) is 31.0 Å². The molecule has 6 heteroatoms. The molecule has 0 bridgehead atoms. The summed E-state index contributed by atoms with van der Waals surface area (Å²) in [5, 5.41) is 15.5. The van der Waals surface area contributed by atoms with Crippen LogP contribution in [0.2, 0.25) is 0 Å². The molecule has 23 heavy (non-hydrogen) atoms. The normalized spacial score (nSPS) is 12.0. The van der Waals surface area contributed by atoms with Gasteiger partial charge < -0.3 is 15.2 Å². The van der Waals surface area contributed by atoms with E-state index in [-0.39, 0.29) is 25.5 Å². The molecule has 0 aliphatic carbocycles. The van der Waals surface area contributed by atoms with Crippen molar-refractivity contribution < 1.29 is 14.6 Å². The van der Waals surface area contributed by atoms with Crippen LogP contribution in [-0.2, 0) is 17.6 Å². The molecule has 1 atom stereocenters. The minimum Gasteiger partial charge on any atom is -0.491 e. The quantitative estimate of drug-likeness (QED) is 0.776. The number of aryl methyl sites for hydroxylation is 2. The molecule has 1 unspecified atom stereocenters. The summed E-state index contributed by atoms with van der Waals surface area (Å²) in [6, 6.07) is 7.62. The van der Waals surface area contributed by atoms with Crippen molar-refractivity contribution in [1.29, 1.82) is 0 Å². The van der Waals surface area contributed by atoms with Crippen molar-refractivity contribution in [2.45, 2.75) is 32.8 Å². The van der Waals surface area contributed by atoms with Crippen molar-refractivity contribution in [2.75, 3.05) is 13.2 Å². The lowest BCUT2D eigenvalue weighted by Crippen LogP contribution is -2.36. The Morgan fingerprint density at radius 1 is 1.48 bits per heavy atom. The minimum absolute atomic E-state index is 0.139. The van der Waals surface area contributed by atoms with Crippen LogP contribution in [0.15, 0.2) is 29.6 Å². The van der Waals surface area contributed by atoms with Crippen LogP contribution in [-0.4, -0.2) is 35.3 Å². The number of aliphatic hydroxyl groups excluding tert-OH is 1. The fraction of sp³-hybridized carbons (Fsp3) is 0.412. The van der Waals surface area contributed by atoms with Crippen LogP contribution in [0.5, 0.6) is 5.75 Å². The van der Waals surface area contributed by atoms with Gasteiger partial charge in [-0.15, -0.1) is 11.3 Å². The van der Waals surface area contributed by atoms with E-state index in [1.165, 1.54) is 0 Å². The molecule has 0 aliphatic heterocycles.